The fraction of sp³-hybridized carbons (Fsp3) is 0.350. The van der Waals surface area contributed by atoms with E-state index in [9.17, 15) is 9.59 Å². The van der Waals surface area contributed by atoms with Crippen LogP contribution >= 0.6 is 11.8 Å². The van der Waals surface area contributed by atoms with Crippen LogP contribution in [0.5, 0.6) is 0 Å². The van der Waals surface area contributed by atoms with E-state index < -0.39 is 0 Å². The van der Waals surface area contributed by atoms with E-state index in [1.807, 2.05) is 44.2 Å². The van der Waals surface area contributed by atoms with Gasteiger partial charge < -0.3 is 10.2 Å². The number of carbonyl (C=O) groups excluding carboxylic acids is 2. The van der Waals surface area contributed by atoms with E-state index in [1.165, 1.54) is 11.8 Å². The lowest BCUT2D eigenvalue weighted by Gasteiger charge is -2.22. The summed E-state index contributed by atoms with van der Waals surface area (Å²) in [5.74, 6) is -0.292. The van der Waals surface area contributed by atoms with Crippen LogP contribution in [0.4, 0.5) is 0 Å². The standard InChI is InChI=1S/C20H25N3O2S/c1-3-12-21-18(24)15-23(14-4-2)20(25)17-11-8-13-22-19(17)26-16-9-6-5-7-10-16/h5-11,13H,3-4,12,14-15H2,1-2H3,(H,21,24). The molecule has 2 rings (SSSR count). The third-order valence-corrected chi connectivity index (χ3v) is 4.67. The minimum absolute atomic E-state index is 0.0665. The summed E-state index contributed by atoms with van der Waals surface area (Å²) >= 11 is 1.45. The molecule has 6 heteroatoms. The summed E-state index contributed by atoms with van der Waals surface area (Å²) in [5.41, 5.74) is 0.526. The number of aromatic nitrogens is 1. The highest BCUT2D eigenvalue weighted by molar-refractivity contribution is 7.99. The van der Waals surface area contributed by atoms with Gasteiger partial charge in [-0.2, -0.15) is 0 Å². The van der Waals surface area contributed by atoms with Gasteiger partial charge in [0, 0.05) is 24.2 Å². The first-order valence-electron chi connectivity index (χ1n) is 8.89. The van der Waals surface area contributed by atoms with Gasteiger partial charge in [0.2, 0.25) is 5.91 Å². The largest absolute Gasteiger partial charge is 0.355 e. The fourth-order valence-electron chi connectivity index (χ4n) is 2.42. The molecule has 2 amide bonds. The zero-order valence-electron chi connectivity index (χ0n) is 15.3. The van der Waals surface area contributed by atoms with Gasteiger partial charge in [-0.25, -0.2) is 4.98 Å². The number of rotatable bonds is 9. The molecule has 1 N–H and O–H groups in total. The highest BCUT2D eigenvalue weighted by Crippen LogP contribution is 2.29. The molecule has 0 spiro atoms. The van der Waals surface area contributed by atoms with E-state index >= 15 is 0 Å². The summed E-state index contributed by atoms with van der Waals surface area (Å²) < 4.78 is 0. The molecule has 0 radical (unpaired) electrons. The van der Waals surface area contributed by atoms with Gasteiger partial charge in [0.05, 0.1) is 12.1 Å². The zero-order chi connectivity index (χ0) is 18.8. The topological polar surface area (TPSA) is 62.3 Å². The Labute approximate surface area is 159 Å². The van der Waals surface area contributed by atoms with Crippen molar-refractivity contribution >= 4 is 23.6 Å². The molecule has 0 atom stereocenters. The van der Waals surface area contributed by atoms with Gasteiger partial charge in [0.1, 0.15) is 5.03 Å². The van der Waals surface area contributed by atoms with Crippen molar-refractivity contribution in [2.24, 2.45) is 0 Å². The number of benzene rings is 1. The maximum atomic E-state index is 13.0. The van der Waals surface area contributed by atoms with Gasteiger partial charge in [-0.3, -0.25) is 9.59 Å². The highest BCUT2D eigenvalue weighted by Gasteiger charge is 2.21. The second-order valence-corrected chi connectivity index (χ2v) is 6.91. The molecule has 1 heterocycles. The lowest BCUT2D eigenvalue weighted by atomic mass is 10.2. The maximum absolute atomic E-state index is 13.0. The third kappa shape index (κ3) is 5.88. The van der Waals surface area contributed by atoms with Crippen LogP contribution in [0.3, 0.4) is 0 Å². The summed E-state index contributed by atoms with van der Waals surface area (Å²) in [6, 6.07) is 13.3. The highest BCUT2D eigenvalue weighted by atomic mass is 32.2. The van der Waals surface area contributed by atoms with Crippen LogP contribution in [0, 0.1) is 0 Å². The van der Waals surface area contributed by atoms with Crippen molar-refractivity contribution in [1.82, 2.24) is 15.2 Å². The van der Waals surface area contributed by atoms with Crippen molar-refractivity contribution in [1.29, 1.82) is 0 Å². The Balaban J connectivity index is 2.18. The van der Waals surface area contributed by atoms with E-state index in [4.69, 9.17) is 0 Å². The molecule has 5 nitrogen and oxygen atoms in total. The first-order chi connectivity index (χ1) is 12.7. The summed E-state index contributed by atoms with van der Waals surface area (Å²) in [6.45, 7) is 5.21. The molecule has 1 aromatic heterocycles. The average molecular weight is 372 g/mol. The van der Waals surface area contributed by atoms with Gasteiger partial charge in [0.25, 0.3) is 5.91 Å². The van der Waals surface area contributed by atoms with Crippen LogP contribution in [0.2, 0.25) is 0 Å². The number of nitrogens with zero attached hydrogens (tertiary/aromatic N) is 2. The number of amides is 2. The molecular weight excluding hydrogens is 346 g/mol. The Bertz CT molecular complexity index is 722. The van der Waals surface area contributed by atoms with Crippen molar-refractivity contribution in [3.63, 3.8) is 0 Å². The Morgan fingerprint density at radius 3 is 2.54 bits per heavy atom. The molecule has 0 saturated carbocycles. The Morgan fingerprint density at radius 1 is 1.08 bits per heavy atom. The molecule has 0 bridgehead atoms. The Morgan fingerprint density at radius 2 is 1.85 bits per heavy atom. The van der Waals surface area contributed by atoms with Crippen LogP contribution in [0.1, 0.15) is 37.0 Å². The van der Waals surface area contributed by atoms with Crippen LogP contribution in [-0.2, 0) is 4.79 Å². The van der Waals surface area contributed by atoms with Crippen molar-refractivity contribution in [3.05, 3.63) is 54.2 Å². The second kappa shape index (κ2) is 10.6. The van der Waals surface area contributed by atoms with E-state index in [0.717, 1.165) is 17.7 Å². The predicted molar refractivity (Wildman–Crippen MR) is 104 cm³/mol. The van der Waals surface area contributed by atoms with Crippen molar-refractivity contribution in [2.75, 3.05) is 19.6 Å². The number of hydrogen-bond acceptors (Lipinski definition) is 4. The van der Waals surface area contributed by atoms with Gasteiger partial charge in [0.15, 0.2) is 0 Å². The molecule has 138 valence electrons. The maximum Gasteiger partial charge on any atom is 0.257 e. The molecule has 0 aliphatic carbocycles. The van der Waals surface area contributed by atoms with Crippen molar-refractivity contribution < 1.29 is 9.59 Å². The molecule has 0 fully saturated rings. The quantitative estimate of drug-likeness (QED) is 0.731. The van der Waals surface area contributed by atoms with Gasteiger partial charge >= 0.3 is 0 Å². The molecule has 26 heavy (non-hydrogen) atoms. The van der Waals surface area contributed by atoms with Crippen molar-refractivity contribution in [3.8, 4) is 0 Å². The monoisotopic (exact) mass is 371 g/mol. The predicted octanol–water partition coefficient (Wildman–Crippen LogP) is 3.61. The zero-order valence-corrected chi connectivity index (χ0v) is 16.1. The van der Waals surface area contributed by atoms with Gasteiger partial charge in [-0.05, 0) is 37.1 Å². The summed E-state index contributed by atoms with van der Waals surface area (Å²) in [5, 5.41) is 3.48. The summed E-state index contributed by atoms with van der Waals surface area (Å²) in [6.07, 6.45) is 3.34. The fourth-order valence-corrected chi connectivity index (χ4v) is 3.32. The van der Waals surface area contributed by atoms with Crippen LogP contribution in [0.15, 0.2) is 58.6 Å². The molecule has 0 aliphatic rings. The number of hydrogen-bond donors (Lipinski definition) is 1. The first kappa shape index (κ1) is 20.0. The normalized spacial score (nSPS) is 10.4. The summed E-state index contributed by atoms with van der Waals surface area (Å²) in [4.78, 5) is 32.1. The van der Waals surface area contributed by atoms with Crippen molar-refractivity contribution in [2.45, 2.75) is 36.6 Å². The van der Waals surface area contributed by atoms with Crippen LogP contribution in [-0.4, -0.2) is 41.3 Å². The minimum Gasteiger partial charge on any atom is -0.355 e. The average Bonchev–Trinajstić information content (AvgIpc) is 2.67. The van der Waals surface area contributed by atoms with E-state index in [-0.39, 0.29) is 18.4 Å². The third-order valence-electron chi connectivity index (χ3n) is 3.65. The van der Waals surface area contributed by atoms with E-state index in [2.05, 4.69) is 10.3 Å². The number of nitrogens with one attached hydrogen (secondary N) is 1. The molecule has 0 unspecified atom stereocenters. The second-order valence-electron chi connectivity index (χ2n) is 5.85. The Kier molecular flexibility index (Phi) is 8.15. The van der Waals surface area contributed by atoms with Crippen LogP contribution in [0.25, 0.3) is 0 Å². The lowest BCUT2D eigenvalue weighted by Crippen LogP contribution is -2.41. The van der Waals surface area contributed by atoms with E-state index in [0.29, 0.717) is 23.7 Å². The molecule has 0 saturated heterocycles. The van der Waals surface area contributed by atoms with Gasteiger partial charge in [-0.1, -0.05) is 43.8 Å². The number of carbonyl (C=O) groups is 2. The summed E-state index contributed by atoms with van der Waals surface area (Å²) in [7, 11) is 0. The van der Waals surface area contributed by atoms with E-state index in [1.54, 1.807) is 23.2 Å². The molecule has 2 aromatic rings. The molecule has 1 aromatic carbocycles. The SMILES string of the molecule is CCCNC(=O)CN(CCC)C(=O)c1cccnc1Sc1ccccc1. The minimum atomic E-state index is -0.162. The van der Waals surface area contributed by atoms with Crippen LogP contribution < -0.4 is 5.32 Å². The van der Waals surface area contributed by atoms with Gasteiger partial charge in [-0.15, -0.1) is 0 Å². The lowest BCUT2D eigenvalue weighted by molar-refractivity contribution is -0.121. The smallest absolute Gasteiger partial charge is 0.257 e. The molecule has 0 aliphatic heterocycles. The first-order valence-corrected chi connectivity index (χ1v) is 9.71. The Hall–Kier alpha value is -2.34. The molecular formula is C20H25N3O2S. The number of pyridine rings is 1.